The Morgan fingerprint density at radius 3 is 2.33 bits per heavy atom. The molecule has 7 nitrogen and oxygen atoms in total. The molecule has 0 aliphatic heterocycles. The van der Waals surface area contributed by atoms with E-state index in [1.165, 1.54) is 36.4 Å². The minimum Gasteiger partial charge on any atom is -0.478 e. The summed E-state index contributed by atoms with van der Waals surface area (Å²) in [6, 6.07) is 5.25. The molecule has 0 aromatic heterocycles. The predicted octanol–water partition coefficient (Wildman–Crippen LogP) is 2.68. The number of allylic oxidation sites excluding steroid dienone is 1. The van der Waals surface area contributed by atoms with Crippen LogP contribution in [0.15, 0.2) is 48.8 Å². The molecular weight excluding hydrogens is 316 g/mol. The Morgan fingerprint density at radius 2 is 1.83 bits per heavy atom. The lowest BCUT2D eigenvalue weighted by atomic mass is 10.2. The van der Waals surface area contributed by atoms with Crippen LogP contribution in [0.1, 0.15) is 30.6 Å². The van der Waals surface area contributed by atoms with Gasteiger partial charge in [0.2, 0.25) is 12.0 Å². The highest BCUT2D eigenvalue weighted by atomic mass is 16.7. The molecule has 0 bridgehead atoms. The first-order valence-electron chi connectivity index (χ1n) is 7.11. The quantitative estimate of drug-likeness (QED) is 0.256. The van der Waals surface area contributed by atoms with Gasteiger partial charge in [0.25, 0.3) is 0 Å². The minimum absolute atomic E-state index is 0.0619. The van der Waals surface area contributed by atoms with Gasteiger partial charge in [0, 0.05) is 12.5 Å². The van der Waals surface area contributed by atoms with E-state index >= 15 is 0 Å². The molecule has 0 aliphatic rings. The van der Waals surface area contributed by atoms with Crippen LogP contribution in [0.4, 0.5) is 0 Å². The molecule has 0 heterocycles. The summed E-state index contributed by atoms with van der Waals surface area (Å²) >= 11 is 0. The van der Waals surface area contributed by atoms with Gasteiger partial charge in [0.05, 0.1) is 5.56 Å². The number of hydrogen-bond donors (Lipinski definition) is 1. The molecule has 0 saturated heterocycles. The number of aromatic carboxylic acids is 1. The number of benzene rings is 1. The second-order valence-corrected chi connectivity index (χ2v) is 4.53. The third kappa shape index (κ3) is 5.96. The van der Waals surface area contributed by atoms with E-state index in [1.54, 1.807) is 13.8 Å². The first-order valence-corrected chi connectivity index (χ1v) is 7.11. The molecule has 0 saturated carbocycles. The van der Waals surface area contributed by atoms with Gasteiger partial charge in [-0.3, -0.25) is 0 Å². The van der Waals surface area contributed by atoms with Crippen molar-refractivity contribution in [3.63, 3.8) is 0 Å². The highest BCUT2D eigenvalue weighted by Crippen LogP contribution is 2.15. The Labute approximate surface area is 139 Å². The topological polar surface area (TPSA) is 99.1 Å². The van der Waals surface area contributed by atoms with Crippen LogP contribution in [0.5, 0.6) is 5.75 Å². The molecule has 0 spiro atoms. The molecule has 1 aromatic rings. The second-order valence-electron chi connectivity index (χ2n) is 4.53. The van der Waals surface area contributed by atoms with E-state index in [1.807, 2.05) is 0 Å². The molecule has 1 N–H and O–H groups in total. The number of hydrogen-bond acceptors (Lipinski definition) is 6. The lowest BCUT2D eigenvalue weighted by molar-refractivity contribution is -0.169. The van der Waals surface area contributed by atoms with Crippen molar-refractivity contribution < 1.29 is 33.7 Å². The molecule has 1 rings (SSSR count). The van der Waals surface area contributed by atoms with Crippen LogP contribution in [-0.2, 0) is 19.1 Å². The molecule has 0 fully saturated rings. The van der Waals surface area contributed by atoms with E-state index < -0.39 is 24.2 Å². The van der Waals surface area contributed by atoms with E-state index in [4.69, 9.17) is 19.3 Å². The van der Waals surface area contributed by atoms with Crippen LogP contribution in [0.3, 0.4) is 0 Å². The number of rotatable bonds is 8. The molecule has 0 radical (unpaired) electrons. The van der Waals surface area contributed by atoms with Gasteiger partial charge in [-0.1, -0.05) is 13.0 Å². The van der Waals surface area contributed by atoms with Crippen molar-refractivity contribution in [2.45, 2.75) is 26.6 Å². The van der Waals surface area contributed by atoms with E-state index in [0.717, 1.165) is 0 Å². The van der Waals surface area contributed by atoms with Gasteiger partial charge in [0.15, 0.2) is 0 Å². The lowest BCUT2D eigenvalue weighted by Gasteiger charge is -2.17. The Hall–Kier alpha value is -3.09. The number of carboxylic acid groups (broad SMARTS) is 1. The zero-order valence-electron chi connectivity index (χ0n) is 13.4. The van der Waals surface area contributed by atoms with Crippen molar-refractivity contribution in [1.82, 2.24) is 0 Å². The Morgan fingerprint density at radius 1 is 1.21 bits per heavy atom. The van der Waals surface area contributed by atoms with Crippen LogP contribution < -0.4 is 4.74 Å². The zero-order chi connectivity index (χ0) is 18.1. The summed E-state index contributed by atoms with van der Waals surface area (Å²) in [5, 5.41) is 8.79. The molecule has 1 aromatic carbocycles. The summed E-state index contributed by atoms with van der Waals surface area (Å²) in [6.45, 7) is 6.80. The van der Waals surface area contributed by atoms with E-state index in [-0.39, 0.29) is 17.1 Å². The van der Waals surface area contributed by atoms with Crippen LogP contribution in [-0.4, -0.2) is 29.3 Å². The summed E-state index contributed by atoms with van der Waals surface area (Å²) < 4.78 is 15.1. The normalized spacial score (nSPS) is 11.6. The predicted molar refractivity (Wildman–Crippen MR) is 84.2 cm³/mol. The number of carbonyl (C=O) groups excluding carboxylic acids is 2. The maximum absolute atomic E-state index is 11.9. The highest BCUT2D eigenvalue weighted by molar-refractivity contribution is 5.89. The molecule has 7 heteroatoms. The number of carbonyl (C=O) groups is 3. The molecular formula is C17H18O7. The first-order chi connectivity index (χ1) is 11.4. The van der Waals surface area contributed by atoms with E-state index in [2.05, 4.69) is 6.58 Å². The number of esters is 2. The van der Waals surface area contributed by atoms with Gasteiger partial charge >= 0.3 is 17.9 Å². The monoisotopic (exact) mass is 334 g/mol. The van der Waals surface area contributed by atoms with Gasteiger partial charge in [0.1, 0.15) is 5.75 Å². The largest absolute Gasteiger partial charge is 0.478 e. The third-order valence-corrected chi connectivity index (χ3v) is 2.70. The minimum atomic E-state index is -1.09. The summed E-state index contributed by atoms with van der Waals surface area (Å²) in [5.74, 6) is -2.77. The fourth-order valence-corrected chi connectivity index (χ4v) is 1.53. The molecule has 1 atom stereocenters. The van der Waals surface area contributed by atoms with Gasteiger partial charge < -0.3 is 19.3 Å². The van der Waals surface area contributed by atoms with Crippen LogP contribution in [0.25, 0.3) is 0 Å². The van der Waals surface area contributed by atoms with Crippen molar-refractivity contribution in [3.05, 3.63) is 54.3 Å². The number of carboxylic acids is 1. The van der Waals surface area contributed by atoms with Crippen molar-refractivity contribution in [1.29, 1.82) is 0 Å². The maximum atomic E-state index is 11.9. The second kappa shape index (κ2) is 9.14. The molecule has 24 heavy (non-hydrogen) atoms. The van der Waals surface area contributed by atoms with Crippen molar-refractivity contribution in [2.24, 2.45) is 0 Å². The van der Waals surface area contributed by atoms with Crippen LogP contribution in [0, 0.1) is 0 Å². The molecule has 128 valence electrons. The van der Waals surface area contributed by atoms with E-state index in [9.17, 15) is 14.4 Å². The Kier molecular flexibility index (Phi) is 7.22. The van der Waals surface area contributed by atoms with Gasteiger partial charge in [-0.05, 0) is 37.8 Å². The average molecular weight is 334 g/mol. The number of ether oxygens (including phenoxy) is 3. The molecule has 1 unspecified atom stereocenters. The summed E-state index contributed by atoms with van der Waals surface area (Å²) in [7, 11) is 0. The summed E-state index contributed by atoms with van der Waals surface area (Å²) in [5.41, 5.74) is 0.0619. The van der Waals surface area contributed by atoms with Gasteiger partial charge in [-0.2, -0.15) is 0 Å². The third-order valence-electron chi connectivity index (χ3n) is 2.70. The maximum Gasteiger partial charge on any atom is 0.378 e. The van der Waals surface area contributed by atoms with Crippen molar-refractivity contribution in [3.8, 4) is 5.75 Å². The average Bonchev–Trinajstić information content (AvgIpc) is 2.54. The van der Waals surface area contributed by atoms with Gasteiger partial charge in [-0.15, -0.1) is 0 Å². The summed E-state index contributed by atoms with van der Waals surface area (Å²) in [6.07, 6.45) is 2.07. The highest BCUT2D eigenvalue weighted by Gasteiger charge is 2.19. The summed E-state index contributed by atoms with van der Waals surface area (Å²) in [4.78, 5) is 34.0. The lowest BCUT2D eigenvalue weighted by Crippen LogP contribution is -2.23. The SMILES string of the molecule is C=C(OC(CC)OC(=O)/C=C/C)C(=O)Oc1ccc(C(=O)O)cc1. The van der Waals surface area contributed by atoms with Crippen molar-refractivity contribution >= 4 is 17.9 Å². The zero-order valence-corrected chi connectivity index (χ0v) is 13.4. The van der Waals surface area contributed by atoms with Gasteiger partial charge in [-0.25, -0.2) is 14.4 Å². The van der Waals surface area contributed by atoms with E-state index in [0.29, 0.717) is 6.42 Å². The fourth-order valence-electron chi connectivity index (χ4n) is 1.53. The van der Waals surface area contributed by atoms with Crippen LogP contribution >= 0.6 is 0 Å². The Balaban J connectivity index is 2.61. The van der Waals surface area contributed by atoms with Crippen LogP contribution in [0.2, 0.25) is 0 Å². The standard InChI is InChI=1S/C17H18O7/c1-4-6-14(18)24-15(5-2)22-11(3)17(21)23-13-9-7-12(8-10-13)16(19)20/h4,6-10,15H,3,5H2,1-2H3,(H,19,20)/b6-4+. The first kappa shape index (κ1) is 19.0. The Bertz CT molecular complexity index is 643. The van der Waals surface area contributed by atoms with Crippen molar-refractivity contribution in [2.75, 3.05) is 0 Å². The molecule has 0 amide bonds. The smallest absolute Gasteiger partial charge is 0.378 e. The fraction of sp³-hybridized carbons (Fsp3) is 0.235. The molecule has 0 aliphatic carbocycles.